The van der Waals surface area contributed by atoms with Gasteiger partial charge in [0.2, 0.25) is 5.78 Å². The van der Waals surface area contributed by atoms with E-state index in [1.54, 1.807) is 45.7 Å². The van der Waals surface area contributed by atoms with Gasteiger partial charge in [-0.05, 0) is 31.2 Å². The topological polar surface area (TPSA) is 92.6 Å². The number of hydrogen-bond acceptors (Lipinski definition) is 7. The molecule has 2 aromatic carbocycles. The molecule has 8 heteroatoms. The second-order valence-electron chi connectivity index (χ2n) is 7.86. The Morgan fingerprint density at radius 3 is 2.39 bits per heavy atom. The Hall–Kier alpha value is -4.20. The maximum atomic E-state index is 14.1. The molecule has 168 valence electrons. The van der Waals surface area contributed by atoms with E-state index in [1.165, 1.54) is 0 Å². The molecule has 4 aromatic rings. The van der Waals surface area contributed by atoms with E-state index < -0.39 is 5.54 Å². The maximum absolute atomic E-state index is 14.1. The highest BCUT2D eigenvalue weighted by molar-refractivity contribution is 6.29. The smallest absolute Gasteiger partial charge is 0.203 e. The number of anilines is 1. The number of aromatic amines is 1. The Bertz CT molecular complexity index is 1320. The molecule has 0 aliphatic carbocycles. The molecule has 0 radical (unpaired) electrons. The Morgan fingerprint density at radius 1 is 1.06 bits per heavy atom. The third-order valence-corrected chi connectivity index (χ3v) is 6.04. The highest BCUT2D eigenvalue weighted by Gasteiger charge is 2.54. The fourth-order valence-corrected chi connectivity index (χ4v) is 4.40. The van der Waals surface area contributed by atoms with E-state index in [0.717, 1.165) is 11.0 Å². The van der Waals surface area contributed by atoms with Crippen molar-refractivity contribution >= 4 is 28.1 Å². The van der Waals surface area contributed by atoms with Crippen molar-refractivity contribution in [1.29, 1.82) is 0 Å². The first-order chi connectivity index (χ1) is 16.0. The van der Waals surface area contributed by atoms with Gasteiger partial charge in [0.15, 0.2) is 5.54 Å². The molecule has 2 aromatic heterocycles. The van der Waals surface area contributed by atoms with Gasteiger partial charge in [0.05, 0.1) is 37.2 Å². The minimum absolute atomic E-state index is 0.150. The summed E-state index contributed by atoms with van der Waals surface area (Å²) in [6.45, 7) is 1.84. The van der Waals surface area contributed by atoms with Gasteiger partial charge >= 0.3 is 0 Å². The molecule has 3 heterocycles. The largest absolute Gasteiger partial charge is 0.497 e. The van der Waals surface area contributed by atoms with Crippen LogP contribution in [0.25, 0.3) is 16.6 Å². The minimum Gasteiger partial charge on any atom is -0.497 e. The highest BCUT2D eigenvalue weighted by atomic mass is 16.5. The van der Waals surface area contributed by atoms with E-state index >= 15 is 0 Å². The lowest BCUT2D eigenvalue weighted by Crippen LogP contribution is -2.46. The predicted octanol–water partition coefficient (Wildman–Crippen LogP) is 4.07. The van der Waals surface area contributed by atoms with Crippen molar-refractivity contribution in [3.63, 3.8) is 0 Å². The second-order valence-corrected chi connectivity index (χ2v) is 7.86. The zero-order valence-corrected chi connectivity index (χ0v) is 18.8. The minimum atomic E-state index is -1.17. The van der Waals surface area contributed by atoms with E-state index in [9.17, 15) is 4.79 Å². The van der Waals surface area contributed by atoms with Crippen molar-refractivity contribution in [2.45, 2.75) is 12.5 Å². The summed E-state index contributed by atoms with van der Waals surface area (Å²) < 4.78 is 16.8. The van der Waals surface area contributed by atoms with Gasteiger partial charge in [0.1, 0.15) is 34.5 Å². The molecule has 0 fully saturated rings. The summed E-state index contributed by atoms with van der Waals surface area (Å²) in [5, 5.41) is 3.23. The number of H-pyrrole nitrogens is 1. The molecule has 2 N–H and O–H groups in total. The number of aromatic nitrogens is 2. The zero-order valence-electron chi connectivity index (χ0n) is 18.8. The summed E-state index contributed by atoms with van der Waals surface area (Å²) in [5.41, 5.74) is 1.60. The molecule has 0 amide bonds. The SMILES string of the molecule is CNC1=C(c2nc3ccccc3[nH]2)C(=O)C(C)(c2ccco2)N1c1cc(OC)cc(OC)c1. The van der Waals surface area contributed by atoms with Crippen LogP contribution >= 0.6 is 0 Å². The number of nitrogens with zero attached hydrogens (tertiary/aromatic N) is 2. The number of Topliss-reactive ketones (excluding diaryl/α,β-unsaturated/α-hetero) is 1. The average Bonchev–Trinajstić information content (AvgIpc) is 3.56. The molecule has 1 unspecified atom stereocenters. The maximum Gasteiger partial charge on any atom is 0.203 e. The number of carbonyl (C=O) groups excluding carboxylic acids is 1. The first-order valence-electron chi connectivity index (χ1n) is 10.5. The molecule has 1 atom stereocenters. The molecule has 8 nitrogen and oxygen atoms in total. The Labute approximate surface area is 190 Å². The number of carbonyl (C=O) groups is 1. The van der Waals surface area contributed by atoms with E-state index in [0.29, 0.717) is 40.2 Å². The van der Waals surface area contributed by atoms with Crippen molar-refractivity contribution < 1.29 is 18.7 Å². The molecule has 1 aliphatic heterocycles. The Kier molecular flexibility index (Phi) is 4.85. The normalized spacial score (nSPS) is 18.3. The molecule has 5 rings (SSSR count). The number of nitrogens with one attached hydrogen (secondary N) is 2. The molecule has 0 spiro atoms. The number of methoxy groups -OCH3 is 2. The lowest BCUT2D eigenvalue weighted by atomic mass is 9.90. The molecule has 1 aliphatic rings. The molecule has 0 bridgehead atoms. The standard InChI is InChI=1S/C25H24N4O4/c1-25(20-10-7-11-33-20)22(30)21(23-27-18-8-5-6-9-19(18)28-23)24(26-2)29(25)15-12-16(31-3)14-17(13-15)32-4/h5-14,26H,1-4H3,(H,27,28). The molecule has 33 heavy (non-hydrogen) atoms. The third kappa shape index (κ3) is 3.06. The zero-order chi connectivity index (χ0) is 23.2. The molecule has 0 saturated carbocycles. The van der Waals surface area contributed by atoms with Gasteiger partial charge in [-0.2, -0.15) is 0 Å². The number of para-hydroxylation sites is 2. The van der Waals surface area contributed by atoms with Crippen LogP contribution in [-0.2, 0) is 10.3 Å². The van der Waals surface area contributed by atoms with E-state index in [1.807, 2.05) is 48.2 Å². The predicted molar refractivity (Wildman–Crippen MR) is 125 cm³/mol. The third-order valence-electron chi connectivity index (χ3n) is 6.04. The molecule has 0 saturated heterocycles. The van der Waals surface area contributed by atoms with E-state index in [4.69, 9.17) is 18.9 Å². The monoisotopic (exact) mass is 444 g/mol. The number of ether oxygens (including phenoxy) is 2. The van der Waals surface area contributed by atoms with E-state index in [-0.39, 0.29) is 5.78 Å². The quantitative estimate of drug-likeness (QED) is 0.463. The van der Waals surface area contributed by atoms with Crippen LogP contribution in [0.1, 0.15) is 18.5 Å². The van der Waals surface area contributed by atoms with Crippen LogP contribution in [0, 0.1) is 0 Å². The Balaban J connectivity index is 1.79. The van der Waals surface area contributed by atoms with Gasteiger partial charge in [-0.15, -0.1) is 0 Å². The van der Waals surface area contributed by atoms with Crippen molar-refractivity contribution in [2.75, 3.05) is 26.2 Å². The first kappa shape index (κ1) is 20.7. The molecular weight excluding hydrogens is 420 g/mol. The summed E-state index contributed by atoms with van der Waals surface area (Å²) >= 11 is 0. The second kappa shape index (κ2) is 7.74. The van der Waals surface area contributed by atoms with Gasteiger partial charge in [-0.1, -0.05) is 12.1 Å². The summed E-state index contributed by atoms with van der Waals surface area (Å²) in [6.07, 6.45) is 1.57. The fraction of sp³-hybridized carbons (Fsp3) is 0.200. The van der Waals surface area contributed by atoms with Crippen LogP contribution in [0.4, 0.5) is 5.69 Å². The van der Waals surface area contributed by atoms with Crippen LogP contribution in [0.5, 0.6) is 11.5 Å². The van der Waals surface area contributed by atoms with Crippen molar-refractivity contribution in [3.8, 4) is 11.5 Å². The van der Waals surface area contributed by atoms with Gasteiger partial charge in [0.25, 0.3) is 0 Å². The summed E-state index contributed by atoms with van der Waals surface area (Å²) in [6, 6.07) is 16.8. The van der Waals surface area contributed by atoms with Crippen LogP contribution in [0.15, 0.2) is 71.1 Å². The molecular formula is C25H24N4O4. The first-order valence-corrected chi connectivity index (χ1v) is 10.5. The highest BCUT2D eigenvalue weighted by Crippen LogP contribution is 2.48. The summed E-state index contributed by atoms with van der Waals surface area (Å²) in [4.78, 5) is 24.0. The van der Waals surface area contributed by atoms with Crippen LogP contribution < -0.4 is 19.7 Å². The number of furan rings is 1. The van der Waals surface area contributed by atoms with Crippen LogP contribution in [0.3, 0.4) is 0 Å². The lowest BCUT2D eigenvalue weighted by molar-refractivity contribution is -0.118. The van der Waals surface area contributed by atoms with Gasteiger partial charge < -0.3 is 29.1 Å². The number of imidazole rings is 1. The van der Waals surface area contributed by atoms with Gasteiger partial charge in [-0.25, -0.2) is 4.98 Å². The number of hydrogen-bond donors (Lipinski definition) is 2. The van der Waals surface area contributed by atoms with Crippen LogP contribution in [0.2, 0.25) is 0 Å². The van der Waals surface area contributed by atoms with Gasteiger partial charge in [0, 0.05) is 25.2 Å². The van der Waals surface area contributed by atoms with Crippen molar-refractivity contribution in [1.82, 2.24) is 15.3 Å². The van der Waals surface area contributed by atoms with Crippen LogP contribution in [-0.4, -0.2) is 37.0 Å². The number of benzene rings is 2. The number of fused-ring (bicyclic) bond motifs is 1. The Morgan fingerprint density at radius 2 is 1.79 bits per heavy atom. The van der Waals surface area contributed by atoms with Crippen molar-refractivity contribution in [2.24, 2.45) is 0 Å². The van der Waals surface area contributed by atoms with Crippen molar-refractivity contribution in [3.05, 3.63) is 78.3 Å². The summed E-state index contributed by atoms with van der Waals surface area (Å²) in [5.74, 6) is 2.64. The number of rotatable bonds is 6. The van der Waals surface area contributed by atoms with Gasteiger partial charge in [-0.3, -0.25) is 4.79 Å². The fourth-order valence-electron chi connectivity index (χ4n) is 4.40. The number of ketones is 1. The average molecular weight is 444 g/mol. The van der Waals surface area contributed by atoms with E-state index in [2.05, 4.69) is 10.3 Å². The summed E-state index contributed by atoms with van der Waals surface area (Å²) in [7, 11) is 4.96. The lowest BCUT2D eigenvalue weighted by Gasteiger charge is -2.36.